The van der Waals surface area contributed by atoms with Crippen molar-refractivity contribution < 1.29 is 4.74 Å². The highest BCUT2D eigenvalue weighted by molar-refractivity contribution is 5.49. The molecule has 4 nitrogen and oxygen atoms in total. The zero-order valence-corrected chi connectivity index (χ0v) is 11.5. The minimum atomic E-state index is 0.577. The predicted octanol–water partition coefficient (Wildman–Crippen LogP) is 1.38. The Bertz CT molecular complexity index is 366. The zero-order chi connectivity index (χ0) is 13.0. The van der Waals surface area contributed by atoms with Gasteiger partial charge in [-0.1, -0.05) is 0 Å². The monoisotopic (exact) mass is 249 g/mol. The molecule has 0 radical (unpaired) electrons. The van der Waals surface area contributed by atoms with E-state index in [-0.39, 0.29) is 0 Å². The lowest BCUT2D eigenvalue weighted by molar-refractivity contribution is 0.180. The van der Waals surface area contributed by atoms with Gasteiger partial charge in [0.1, 0.15) is 5.75 Å². The minimum Gasteiger partial charge on any atom is -0.497 e. The molecule has 0 amide bonds. The molecule has 0 saturated carbocycles. The van der Waals surface area contributed by atoms with Crippen LogP contribution in [0.1, 0.15) is 6.92 Å². The molecule has 1 atom stereocenters. The first-order valence-corrected chi connectivity index (χ1v) is 6.52. The molecule has 1 N–H and O–H groups in total. The van der Waals surface area contributed by atoms with Gasteiger partial charge >= 0.3 is 0 Å². The van der Waals surface area contributed by atoms with Crippen LogP contribution in [0.5, 0.6) is 5.75 Å². The van der Waals surface area contributed by atoms with E-state index in [0.717, 1.165) is 32.1 Å². The van der Waals surface area contributed by atoms with Crippen LogP contribution in [0.4, 0.5) is 5.69 Å². The predicted molar refractivity (Wildman–Crippen MR) is 75.3 cm³/mol. The van der Waals surface area contributed by atoms with Crippen molar-refractivity contribution in [3.63, 3.8) is 0 Å². The number of benzene rings is 1. The molecular weight excluding hydrogens is 226 g/mol. The van der Waals surface area contributed by atoms with Gasteiger partial charge in [-0.2, -0.15) is 0 Å². The standard InChI is InChI=1S/C14H23N3O/c1-12-10-16(8-9-17(12)11-15-2)13-4-6-14(18-3)7-5-13/h4-7,12,15H,8-11H2,1-3H3. The first kappa shape index (κ1) is 13.2. The van der Waals surface area contributed by atoms with Crippen LogP contribution in [0, 0.1) is 0 Å². The molecule has 4 heteroatoms. The molecule has 0 bridgehead atoms. The summed E-state index contributed by atoms with van der Waals surface area (Å²) in [6, 6.07) is 8.91. The number of hydrogen-bond donors (Lipinski definition) is 1. The number of nitrogens with one attached hydrogen (secondary N) is 1. The second kappa shape index (κ2) is 6.07. The average molecular weight is 249 g/mol. The molecule has 1 saturated heterocycles. The molecule has 0 spiro atoms. The summed E-state index contributed by atoms with van der Waals surface area (Å²) in [6.45, 7) is 6.52. The van der Waals surface area contributed by atoms with Crippen molar-refractivity contribution >= 4 is 5.69 Å². The maximum absolute atomic E-state index is 5.19. The van der Waals surface area contributed by atoms with E-state index >= 15 is 0 Å². The average Bonchev–Trinajstić information content (AvgIpc) is 2.41. The third kappa shape index (κ3) is 2.94. The van der Waals surface area contributed by atoms with Crippen molar-refractivity contribution in [3.05, 3.63) is 24.3 Å². The van der Waals surface area contributed by atoms with Gasteiger partial charge in [0.05, 0.1) is 7.11 Å². The van der Waals surface area contributed by atoms with E-state index in [2.05, 4.69) is 34.2 Å². The van der Waals surface area contributed by atoms with Crippen LogP contribution in [-0.4, -0.2) is 51.4 Å². The van der Waals surface area contributed by atoms with Crippen molar-refractivity contribution in [1.29, 1.82) is 0 Å². The second-order valence-corrected chi connectivity index (χ2v) is 4.82. The summed E-state index contributed by atoms with van der Waals surface area (Å²) < 4.78 is 5.19. The highest BCUT2D eigenvalue weighted by Gasteiger charge is 2.22. The Hall–Kier alpha value is -1.26. The molecule has 1 unspecified atom stereocenters. The van der Waals surface area contributed by atoms with Gasteiger partial charge in [0.15, 0.2) is 0 Å². The quantitative estimate of drug-likeness (QED) is 0.872. The van der Waals surface area contributed by atoms with Gasteiger partial charge in [0, 0.05) is 38.0 Å². The minimum absolute atomic E-state index is 0.577. The van der Waals surface area contributed by atoms with Gasteiger partial charge < -0.3 is 15.0 Å². The molecule has 1 aromatic carbocycles. The number of hydrogen-bond acceptors (Lipinski definition) is 4. The largest absolute Gasteiger partial charge is 0.497 e. The van der Waals surface area contributed by atoms with Crippen LogP contribution >= 0.6 is 0 Å². The lowest BCUT2D eigenvalue weighted by Gasteiger charge is -2.40. The summed E-state index contributed by atoms with van der Waals surface area (Å²) in [5.41, 5.74) is 1.28. The molecule has 0 aliphatic carbocycles. The van der Waals surface area contributed by atoms with Crippen molar-refractivity contribution in [2.45, 2.75) is 13.0 Å². The highest BCUT2D eigenvalue weighted by Crippen LogP contribution is 2.21. The number of nitrogens with zero attached hydrogens (tertiary/aromatic N) is 2. The van der Waals surface area contributed by atoms with Crippen molar-refractivity contribution in [2.75, 3.05) is 45.4 Å². The Balaban J connectivity index is 1.98. The second-order valence-electron chi connectivity index (χ2n) is 4.82. The van der Waals surface area contributed by atoms with E-state index in [1.807, 2.05) is 19.2 Å². The van der Waals surface area contributed by atoms with Gasteiger partial charge in [-0.05, 0) is 38.2 Å². The summed E-state index contributed by atoms with van der Waals surface area (Å²) in [5, 5.41) is 3.23. The SMILES string of the molecule is CNCN1CCN(c2ccc(OC)cc2)CC1C. The molecule has 100 valence electrons. The summed E-state index contributed by atoms with van der Waals surface area (Å²) in [6.07, 6.45) is 0. The molecule has 0 aromatic heterocycles. The maximum Gasteiger partial charge on any atom is 0.119 e. The van der Waals surface area contributed by atoms with Crippen molar-refractivity contribution in [1.82, 2.24) is 10.2 Å². The normalized spacial score (nSPS) is 21.1. The smallest absolute Gasteiger partial charge is 0.119 e. The van der Waals surface area contributed by atoms with Gasteiger partial charge in [-0.3, -0.25) is 4.90 Å². The van der Waals surface area contributed by atoms with E-state index in [1.54, 1.807) is 7.11 Å². The van der Waals surface area contributed by atoms with Crippen LogP contribution in [0.2, 0.25) is 0 Å². The molecule has 1 aromatic rings. The molecule has 1 fully saturated rings. The lowest BCUT2D eigenvalue weighted by Crippen LogP contribution is -2.54. The maximum atomic E-state index is 5.19. The molecular formula is C14H23N3O. The Kier molecular flexibility index (Phi) is 4.44. The van der Waals surface area contributed by atoms with E-state index in [4.69, 9.17) is 4.74 Å². The van der Waals surface area contributed by atoms with E-state index in [1.165, 1.54) is 5.69 Å². The Morgan fingerprint density at radius 2 is 2.00 bits per heavy atom. The third-order valence-electron chi connectivity index (χ3n) is 3.56. The topological polar surface area (TPSA) is 27.7 Å². The van der Waals surface area contributed by atoms with Crippen molar-refractivity contribution in [3.8, 4) is 5.75 Å². The van der Waals surface area contributed by atoms with Gasteiger partial charge in [0.25, 0.3) is 0 Å². The molecule has 2 rings (SSSR count). The van der Waals surface area contributed by atoms with Crippen LogP contribution in [0.15, 0.2) is 24.3 Å². The number of methoxy groups -OCH3 is 1. The number of anilines is 1. The van der Waals surface area contributed by atoms with E-state index in [9.17, 15) is 0 Å². The van der Waals surface area contributed by atoms with E-state index < -0.39 is 0 Å². The number of piperazine rings is 1. The molecule has 18 heavy (non-hydrogen) atoms. The molecule has 1 heterocycles. The molecule has 1 aliphatic rings. The van der Waals surface area contributed by atoms with Crippen LogP contribution in [-0.2, 0) is 0 Å². The number of ether oxygens (including phenoxy) is 1. The summed E-state index contributed by atoms with van der Waals surface area (Å²) in [4.78, 5) is 4.91. The highest BCUT2D eigenvalue weighted by atomic mass is 16.5. The van der Waals surface area contributed by atoms with Crippen LogP contribution in [0.3, 0.4) is 0 Å². The Labute approximate surface area is 110 Å². The first-order valence-electron chi connectivity index (χ1n) is 6.52. The van der Waals surface area contributed by atoms with Crippen LogP contribution in [0.25, 0.3) is 0 Å². The number of rotatable bonds is 4. The molecule has 1 aliphatic heterocycles. The fraction of sp³-hybridized carbons (Fsp3) is 0.571. The lowest BCUT2D eigenvalue weighted by atomic mass is 10.1. The third-order valence-corrected chi connectivity index (χ3v) is 3.56. The zero-order valence-electron chi connectivity index (χ0n) is 11.5. The first-order chi connectivity index (χ1) is 8.74. The fourth-order valence-electron chi connectivity index (χ4n) is 2.46. The Morgan fingerprint density at radius 3 is 2.56 bits per heavy atom. The van der Waals surface area contributed by atoms with Crippen LogP contribution < -0.4 is 15.0 Å². The van der Waals surface area contributed by atoms with Gasteiger partial charge in [-0.25, -0.2) is 0 Å². The summed E-state index contributed by atoms with van der Waals surface area (Å²) in [7, 11) is 3.70. The van der Waals surface area contributed by atoms with Crippen molar-refractivity contribution in [2.24, 2.45) is 0 Å². The van der Waals surface area contributed by atoms with E-state index in [0.29, 0.717) is 6.04 Å². The van der Waals surface area contributed by atoms with Gasteiger partial charge in [0.2, 0.25) is 0 Å². The Morgan fingerprint density at radius 1 is 1.28 bits per heavy atom. The fourth-order valence-corrected chi connectivity index (χ4v) is 2.46. The summed E-state index contributed by atoms with van der Waals surface area (Å²) >= 11 is 0. The van der Waals surface area contributed by atoms with Gasteiger partial charge in [-0.15, -0.1) is 0 Å². The summed E-state index contributed by atoms with van der Waals surface area (Å²) in [5.74, 6) is 0.917.